The zero-order valence-electron chi connectivity index (χ0n) is 9.18. The molecule has 2 rings (SSSR count). The fourth-order valence-corrected chi connectivity index (χ4v) is 2.92. The maximum Gasteiger partial charge on any atom is 0.240 e. The van der Waals surface area contributed by atoms with Gasteiger partial charge in [-0.1, -0.05) is 11.6 Å². The van der Waals surface area contributed by atoms with E-state index in [1.54, 1.807) is 0 Å². The molecule has 0 bridgehead atoms. The summed E-state index contributed by atoms with van der Waals surface area (Å²) in [5.41, 5.74) is -0.388. The predicted molar refractivity (Wildman–Crippen MR) is 66.8 cm³/mol. The Hall–Kier alpha value is -0.580. The van der Waals surface area contributed by atoms with E-state index in [2.05, 4.69) is 10.6 Å². The zero-order valence-corrected chi connectivity index (χ0v) is 10.8. The van der Waals surface area contributed by atoms with Crippen LogP contribution in [0.5, 0.6) is 0 Å². The number of rotatable bonds is 3. The molecule has 0 aromatic carbocycles. The SMILES string of the molecule is CC1(C(=O)NCc2ccc(Cl)s2)CCCN1. The third-order valence-corrected chi connectivity index (χ3v) is 4.15. The molecular formula is C11H15ClN2OS. The molecule has 1 aromatic heterocycles. The molecular weight excluding hydrogens is 244 g/mol. The first kappa shape index (κ1) is 11.9. The number of amides is 1. The number of thiophene rings is 1. The molecule has 1 saturated heterocycles. The van der Waals surface area contributed by atoms with E-state index in [0.717, 1.165) is 28.6 Å². The van der Waals surface area contributed by atoms with Crippen LogP contribution in [0.2, 0.25) is 4.34 Å². The smallest absolute Gasteiger partial charge is 0.240 e. The van der Waals surface area contributed by atoms with Crippen LogP contribution in [-0.2, 0) is 11.3 Å². The van der Waals surface area contributed by atoms with E-state index in [9.17, 15) is 4.79 Å². The Labute approximate surface area is 104 Å². The average Bonchev–Trinajstić information content (AvgIpc) is 2.85. The zero-order chi connectivity index (χ0) is 11.6. The Bertz CT molecular complexity index is 385. The van der Waals surface area contributed by atoms with Crippen molar-refractivity contribution < 1.29 is 4.79 Å². The molecule has 0 aliphatic carbocycles. The Balaban J connectivity index is 1.88. The third kappa shape index (κ3) is 2.56. The van der Waals surface area contributed by atoms with E-state index in [1.165, 1.54) is 11.3 Å². The van der Waals surface area contributed by atoms with Gasteiger partial charge in [0.25, 0.3) is 0 Å². The van der Waals surface area contributed by atoms with Crippen molar-refractivity contribution in [1.29, 1.82) is 0 Å². The summed E-state index contributed by atoms with van der Waals surface area (Å²) >= 11 is 7.33. The van der Waals surface area contributed by atoms with Crippen LogP contribution in [-0.4, -0.2) is 18.0 Å². The van der Waals surface area contributed by atoms with Gasteiger partial charge < -0.3 is 10.6 Å². The van der Waals surface area contributed by atoms with Gasteiger partial charge in [-0.05, 0) is 38.4 Å². The number of nitrogens with one attached hydrogen (secondary N) is 2. The van der Waals surface area contributed by atoms with Crippen LogP contribution in [0.25, 0.3) is 0 Å². The molecule has 0 saturated carbocycles. The van der Waals surface area contributed by atoms with Crippen molar-refractivity contribution in [2.75, 3.05) is 6.54 Å². The number of carbonyl (C=O) groups is 1. The normalized spacial score (nSPS) is 24.6. The average molecular weight is 259 g/mol. The van der Waals surface area contributed by atoms with Crippen molar-refractivity contribution in [2.45, 2.75) is 31.8 Å². The summed E-state index contributed by atoms with van der Waals surface area (Å²) < 4.78 is 0.759. The van der Waals surface area contributed by atoms with Crippen LogP contribution in [0.3, 0.4) is 0 Å². The minimum absolute atomic E-state index is 0.0783. The highest BCUT2D eigenvalue weighted by molar-refractivity contribution is 7.16. The lowest BCUT2D eigenvalue weighted by molar-refractivity contribution is -0.126. The summed E-state index contributed by atoms with van der Waals surface area (Å²) in [4.78, 5) is 13.0. The molecule has 1 atom stereocenters. The summed E-state index contributed by atoms with van der Waals surface area (Å²) in [5.74, 6) is 0.0783. The van der Waals surface area contributed by atoms with Gasteiger partial charge in [-0.25, -0.2) is 0 Å². The Morgan fingerprint density at radius 2 is 2.50 bits per heavy atom. The van der Waals surface area contributed by atoms with Crippen LogP contribution in [0.15, 0.2) is 12.1 Å². The lowest BCUT2D eigenvalue weighted by Crippen LogP contribution is -2.50. The number of carbonyl (C=O) groups excluding carboxylic acids is 1. The van der Waals surface area contributed by atoms with Crippen LogP contribution in [0.4, 0.5) is 0 Å². The Morgan fingerprint density at radius 3 is 3.06 bits per heavy atom. The predicted octanol–water partition coefficient (Wildman–Crippen LogP) is 2.16. The van der Waals surface area contributed by atoms with Gasteiger partial charge in [-0.2, -0.15) is 0 Å². The second-order valence-corrected chi connectivity index (χ2v) is 6.05. The molecule has 1 aliphatic heterocycles. The molecule has 5 heteroatoms. The molecule has 88 valence electrons. The maximum absolute atomic E-state index is 11.9. The first-order valence-electron chi connectivity index (χ1n) is 5.38. The largest absolute Gasteiger partial charge is 0.350 e. The van der Waals surface area contributed by atoms with Gasteiger partial charge >= 0.3 is 0 Å². The molecule has 16 heavy (non-hydrogen) atoms. The number of hydrogen-bond donors (Lipinski definition) is 2. The van der Waals surface area contributed by atoms with E-state index < -0.39 is 0 Å². The van der Waals surface area contributed by atoms with Crippen molar-refractivity contribution in [3.63, 3.8) is 0 Å². The molecule has 2 N–H and O–H groups in total. The minimum atomic E-state index is -0.388. The summed E-state index contributed by atoms with van der Waals surface area (Å²) in [7, 11) is 0. The van der Waals surface area contributed by atoms with E-state index in [1.807, 2.05) is 19.1 Å². The molecule has 2 heterocycles. The fourth-order valence-electron chi connectivity index (χ4n) is 1.90. The number of hydrogen-bond acceptors (Lipinski definition) is 3. The van der Waals surface area contributed by atoms with Crippen molar-refractivity contribution in [3.05, 3.63) is 21.3 Å². The van der Waals surface area contributed by atoms with Gasteiger partial charge in [0.15, 0.2) is 0 Å². The molecule has 0 spiro atoms. The van der Waals surface area contributed by atoms with Crippen molar-refractivity contribution in [2.24, 2.45) is 0 Å². The van der Waals surface area contributed by atoms with Gasteiger partial charge in [-0.15, -0.1) is 11.3 Å². The monoisotopic (exact) mass is 258 g/mol. The van der Waals surface area contributed by atoms with E-state index in [0.29, 0.717) is 6.54 Å². The second-order valence-electron chi connectivity index (χ2n) is 4.25. The van der Waals surface area contributed by atoms with E-state index in [-0.39, 0.29) is 11.4 Å². The number of halogens is 1. The standard InChI is InChI=1S/C11H15ClN2OS/c1-11(5-2-6-14-11)10(15)13-7-8-3-4-9(12)16-8/h3-4,14H,2,5-7H2,1H3,(H,13,15). The van der Waals surface area contributed by atoms with Crippen LogP contribution < -0.4 is 10.6 Å². The molecule has 1 unspecified atom stereocenters. The lowest BCUT2D eigenvalue weighted by atomic mass is 9.99. The minimum Gasteiger partial charge on any atom is -0.350 e. The summed E-state index contributed by atoms with van der Waals surface area (Å²) in [5, 5.41) is 6.18. The van der Waals surface area contributed by atoms with Gasteiger partial charge in [0.1, 0.15) is 0 Å². The molecule has 0 radical (unpaired) electrons. The van der Waals surface area contributed by atoms with Gasteiger partial charge in [0, 0.05) is 4.88 Å². The Kier molecular flexibility index (Phi) is 3.52. The molecule has 3 nitrogen and oxygen atoms in total. The maximum atomic E-state index is 11.9. The molecule has 1 amide bonds. The summed E-state index contributed by atoms with van der Waals surface area (Å²) in [6.07, 6.45) is 1.97. The summed E-state index contributed by atoms with van der Waals surface area (Å²) in [6, 6.07) is 3.79. The van der Waals surface area contributed by atoms with Crippen molar-refractivity contribution in [1.82, 2.24) is 10.6 Å². The van der Waals surface area contributed by atoms with Gasteiger partial charge in [0.05, 0.1) is 16.4 Å². The van der Waals surface area contributed by atoms with Crippen LogP contribution in [0.1, 0.15) is 24.6 Å². The van der Waals surface area contributed by atoms with E-state index >= 15 is 0 Å². The van der Waals surface area contributed by atoms with Gasteiger partial charge in [0.2, 0.25) is 5.91 Å². The highest BCUT2D eigenvalue weighted by Crippen LogP contribution is 2.22. The first-order valence-corrected chi connectivity index (χ1v) is 6.57. The Morgan fingerprint density at radius 1 is 1.69 bits per heavy atom. The van der Waals surface area contributed by atoms with Crippen molar-refractivity contribution >= 4 is 28.8 Å². The van der Waals surface area contributed by atoms with Crippen molar-refractivity contribution in [3.8, 4) is 0 Å². The summed E-state index contributed by atoms with van der Waals surface area (Å²) in [6.45, 7) is 3.44. The first-order chi connectivity index (χ1) is 7.60. The highest BCUT2D eigenvalue weighted by atomic mass is 35.5. The van der Waals surface area contributed by atoms with E-state index in [4.69, 9.17) is 11.6 Å². The van der Waals surface area contributed by atoms with Crippen LogP contribution >= 0.6 is 22.9 Å². The molecule has 1 aliphatic rings. The molecule has 1 fully saturated rings. The van der Waals surface area contributed by atoms with Gasteiger partial charge in [-0.3, -0.25) is 4.79 Å². The second kappa shape index (κ2) is 4.73. The molecule has 1 aromatic rings. The van der Waals surface area contributed by atoms with Crippen LogP contribution in [0, 0.1) is 0 Å². The third-order valence-electron chi connectivity index (χ3n) is 2.92. The quantitative estimate of drug-likeness (QED) is 0.872. The highest BCUT2D eigenvalue weighted by Gasteiger charge is 2.35. The lowest BCUT2D eigenvalue weighted by Gasteiger charge is -2.22. The fraction of sp³-hybridized carbons (Fsp3) is 0.545. The topological polar surface area (TPSA) is 41.1 Å².